The van der Waals surface area contributed by atoms with Crippen molar-refractivity contribution in [2.24, 2.45) is 5.92 Å². The Kier molecular flexibility index (Phi) is 7.53. The van der Waals surface area contributed by atoms with Crippen LogP contribution in [0.25, 0.3) is 0 Å². The number of nitrogens with one attached hydrogen (secondary N) is 1. The average molecular weight is 265 g/mol. The van der Waals surface area contributed by atoms with Gasteiger partial charge >= 0.3 is 0 Å². The highest BCUT2D eigenvalue weighted by Crippen LogP contribution is 2.25. The summed E-state index contributed by atoms with van der Waals surface area (Å²) in [7, 11) is 0. The Balaban J connectivity index is 2.73. The molecule has 0 saturated carbocycles. The third-order valence-corrected chi connectivity index (χ3v) is 2.78. The normalized spacial score (nSPS) is 12.7. The highest BCUT2D eigenvalue weighted by Gasteiger charge is 2.15. The zero-order valence-corrected chi connectivity index (χ0v) is 12.6. The fourth-order valence-corrected chi connectivity index (χ4v) is 1.98. The van der Waals surface area contributed by atoms with Crippen LogP contribution in [0.2, 0.25) is 0 Å². The maximum Gasteiger partial charge on any atom is 0.124 e. The Hall–Kier alpha value is -1.06. The molecule has 0 amide bonds. The van der Waals surface area contributed by atoms with Crippen LogP contribution in [-0.4, -0.2) is 26.4 Å². The molecule has 3 nitrogen and oxygen atoms in total. The first-order valence-corrected chi connectivity index (χ1v) is 7.21. The van der Waals surface area contributed by atoms with Gasteiger partial charge in [-0.25, -0.2) is 0 Å². The summed E-state index contributed by atoms with van der Waals surface area (Å²) in [6.07, 6.45) is 0. The van der Waals surface area contributed by atoms with E-state index in [9.17, 15) is 0 Å². The number of hydrogen-bond acceptors (Lipinski definition) is 3. The average Bonchev–Trinajstić information content (AvgIpc) is 2.38. The summed E-state index contributed by atoms with van der Waals surface area (Å²) >= 11 is 0. The van der Waals surface area contributed by atoms with Crippen molar-refractivity contribution in [2.75, 3.05) is 26.4 Å². The summed E-state index contributed by atoms with van der Waals surface area (Å²) in [6, 6.07) is 8.37. The minimum absolute atomic E-state index is 0.187. The molecule has 1 aromatic carbocycles. The summed E-state index contributed by atoms with van der Waals surface area (Å²) in [5.74, 6) is 1.51. The van der Waals surface area contributed by atoms with Gasteiger partial charge in [0.25, 0.3) is 0 Å². The van der Waals surface area contributed by atoms with Crippen LogP contribution in [0.5, 0.6) is 5.75 Å². The van der Waals surface area contributed by atoms with E-state index in [1.54, 1.807) is 0 Å². The fraction of sp³-hybridized carbons (Fsp3) is 0.625. The van der Waals surface area contributed by atoms with Crippen LogP contribution < -0.4 is 10.1 Å². The number of ether oxygens (including phenoxy) is 2. The van der Waals surface area contributed by atoms with Crippen molar-refractivity contribution >= 4 is 0 Å². The lowest BCUT2D eigenvalue weighted by Crippen LogP contribution is -2.26. The molecule has 1 atom stereocenters. The number of para-hydroxylation sites is 1. The maximum atomic E-state index is 5.78. The SMILES string of the molecule is CCNC(COCC(C)C)c1ccccc1OCC. The number of hydrogen-bond donors (Lipinski definition) is 1. The predicted octanol–water partition coefficient (Wildman–Crippen LogP) is 3.41. The first-order chi connectivity index (χ1) is 9.19. The Morgan fingerprint density at radius 3 is 2.47 bits per heavy atom. The minimum Gasteiger partial charge on any atom is -0.494 e. The molecule has 3 heteroatoms. The van der Waals surface area contributed by atoms with E-state index in [-0.39, 0.29) is 6.04 Å². The van der Waals surface area contributed by atoms with Crippen LogP contribution in [0.1, 0.15) is 39.3 Å². The van der Waals surface area contributed by atoms with E-state index < -0.39 is 0 Å². The van der Waals surface area contributed by atoms with Gasteiger partial charge < -0.3 is 14.8 Å². The van der Waals surface area contributed by atoms with Crippen molar-refractivity contribution in [3.8, 4) is 5.75 Å². The smallest absolute Gasteiger partial charge is 0.124 e. The molecule has 0 spiro atoms. The van der Waals surface area contributed by atoms with Crippen LogP contribution in [-0.2, 0) is 4.74 Å². The molecule has 0 saturated heterocycles. The van der Waals surface area contributed by atoms with E-state index >= 15 is 0 Å². The van der Waals surface area contributed by atoms with Gasteiger partial charge in [-0.1, -0.05) is 39.0 Å². The van der Waals surface area contributed by atoms with Crippen LogP contribution >= 0.6 is 0 Å². The second-order valence-corrected chi connectivity index (χ2v) is 5.01. The van der Waals surface area contributed by atoms with Crippen LogP contribution in [0.15, 0.2) is 24.3 Å². The molecule has 19 heavy (non-hydrogen) atoms. The second kappa shape index (κ2) is 8.94. The topological polar surface area (TPSA) is 30.5 Å². The summed E-state index contributed by atoms with van der Waals surface area (Å²) < 4.78 is 11.5. The zero-order valence-electron chi connectivity index (χ0n) is 12.6. The quantitative estimate of drug-likeness (QED) is 0.742. The van der Waals surface area contributed by atoms with E-state index in [0.717, 1.165) is 18.9 Å². The first-order valence-electron chi connectivity index (χ1n) is 7.21. The van der Waals surface area contributed by atoms with Gasteiger partial charge in [-0.3, -0.25) is 0 Å². The van der Waals surface area contributed by atoms with Crippen molar-refractivity contribution in [3.63, 3.8) is 0 Å². The van der Waals surface area contributed by atoms with Crippen LogP contribution in [0.4, 0.5) is 0 Å². The van der Waals surface area contributed by atoms with Crippen LogP contribution in [0, 0.1) is 5.92 Å². The molecule has 0 aromatic heterocycles. The van der Waals surface area contributed by atoms with E-state index in [4.69, 9.17) is 9.47 Å². The summed E-state index contributed by atoms with van der Waals surface area (Å²) in [5, 5.41) is 3.47. The molecule has 1 aromatic rings. The number of rotatable bonds is 9. The molecule has 0 radical (unpaired) electrons. The molecule has 1 N–H and O–H groups in total. The monoisotopic (exact) mass is 265 g/mol. The van der Waals surface area contributed by atoms with E-state index in [0.29, 0.717) is 19.1 Å². The van der Waals surface area contributed by atoms with Gasteiger partial charge in [0.15, 0.2) is 0 Å². The molecule has 0 bridgehead atoms. The third kappa shape index (κ3) is 5.62. The standard InChI is InChI=1S/C16H27NO2/c1-5-17-15(12-18-11-13(3)4)14-9-7-8-10-16(14)19-6-2/h7-10,13,15,17H,5-6,11-12H2,1-4H3. The van der Waals surface area contributed by atoms with Gasteiger partial charge in [0.2, 0.25) is 0 Å². The maximum absolute atomic E-state index is 5.78. The molecule has 0 aliphatic carbocycles. The zero-order chi connectivity index (χ0) is 14.1. The van der Waals surface area contributed by atoms with E-state index in [2.05, 4.69) is 32.2 Å². The van der Waals surface area contributed by atoms with Crippen molar-refractivity contribution < 1.29 is 9.47 Å². The molecule has 0 aliphatic rings. The van der Waals surface area contributed by atoms with Gasteiger partial charge in [0, 0.05) is 12.2 Å². The summed E-state index contributed by atoms with van der Waals surface area (Å²) in [6.45, 7) is 11.5. The molecular weight excluding hydrogens is 238 g/mol. The van der Waals surface area contributed by atoms with Gasteiger partial charge in [-0.2, -0.15) is 0 Å². The van der Waals surface area contributed by atoms with E-state index in [1.165, 1.54) is 5.56 Å². The lowest BCUT2D eigenvalue weighted by Gasteiger charge is -2.21. The molecule has 0 fully saturated rings. The third-order valence-electron chi connectivity index (χ3n) is 2.78. The second-order valence-electron chi connectivity index (χ2n) is 5.01. The number of likely N-dealkylation sites (N-methyl/N-ethyl adjacent to an activating group) is 1. The van der Waals surface area contributed by atoms with Crippen LogP contribution in [0.3, 0.4) is 0 Å². The van der Waals surface area contributed by atoms with Gasteiger partial charge in [0.1, 0.15) is 5.75 Å². The Labute approximate surface area is 117 Å². The largest absolute Gasteiger partial charge is 0.494 e. The molecule has 1 unspecified atom stereocenters. The van der Waals surface area contributed by atoms with Gasteiger partial charge in [-0.15, -0.1) is 0 Å². The van der Waals surface area contributed by atoms with Gasteiger partial charge in [0.05, 0.1) is 19.3 Å². The predicted molar refractivity (Wildman–Crippen MR) is 79.7 cm³/mol. The van der Waals surface area contributed by atoms with E-state index in [1.807, 2.05) is 25.1 Å². The number of benzene rings is 1. The van der Waals surface area contributed by atoms with Crippen molar-refractivity contribution in [1.82, 2.24) is 5.32 Å². The Morgan fingerprint density at radius 2 is 1.84 bits per heavy atom. The minimum atomic E-state index is 0.187. The highest BCUT2D eigenvalue weighted by molar-refractivity contribution is 5.36. The molecular formula is C16H27NO2. The lowest BCUT2D eigenvalue weighted by atomic mass is 10.1. The summed E-state index contributed by atoms with van der Waals surface area (Å²) in [5.41, 5.74) is 1.18. The summed E-state index contributed by atoms with van der Waals surface area (Å²) in [4.78, 5) is 0. The van der Waals surface area contributed by atoms with Crippen molar-refractivity contribution in [2.45, 2.75) is 33.7 Å². The van der Waals surface area contributed by atoms with Crippen molar-refractivity contribution in [3.05, 3.63) is 29.8 Å². The first kappa shape index (κ1) is 16.0. The molecule has 0 heterocycles. The Bertz CT molecular complexity index is 352. The van der Waals surface area contributed by atoms with Crippen molar-refractivity contribution in [1.29, 1.82) is 0 Å². The molecule has 1 rings (SSSR count). The molecule has 0 aliphatic heterocycles. The van der Waals surface area contributed by atoms with Gasteiger partial charge in [-0.05, 0) is 25.5 Å². The lowest BCUT2D eigenvalue weighted by molar-refractivity contribution is 0.0897. The molecule has 108 valence electrons. The highest BCUT2D eigenvalue weighted by atomic mass is 16.5. The fourth-order valence-electron chi connectivity index (χ4n) is 1.98. The Morgan fingerprint density at radius 1 is 1.11 bits per heavy atom.